The van der Waals surface area contributed by atoms with Gasteiger partial charge in [-0.15, -0.1) is 11.3 Å². The minimum atomic E-state index is -1.12. The second kappa shape index (κ2) is 9.74. The van der Waals surface area contributed by atoms with Gasteiger partial charge < -0.3 is 9.64 Å². The molecule has 0 bridgehead atoms. The largest absolute Gasteiger partial charge is 0.445 e. The van der Waals surface area contributed by atoms with Gasteiger partial charge in [0.15, 0.2) is 0 Å². The Morgan fingerprint density at radius 2 is 1.91 bits per heavy atom. The van der Waals surface area contributed by atoms with E-state index < -0.39 is 12.3 Å². The van der Waals surface area contributed by atoms with Crippen LogP contribution in [0, 0.1) is 5.92 Å². The van der Waals surface area contributed by atoms with Gasteiger partial charge in [0.1, 0.15) is 17.3 Å². The molecule has 1 aliphatic rings. The molecule has 0 saturated heterocycles. The highest BCUT2D eigenvalue weighted by Crippen LogP contribution is 2.29. The van der Waals surface area contributed by atoms with Crippen molar-refractivity contribution in [3.8, 4) is 0 Å². The number of amides is 2. The van der Waals surface area contributed by atoms with E-state index in [0.29, 0.717) is 17.3 Å². The van der Waals surface area contributed by atoms with Crippen LogP contribution >= 0.6 is 11.3 Å². The molecule has 0 saturated carbocycles. The number of carbonyl (C=O) groups excluding carboxylic acids is 2. The molecule has 32 heavy (non-hydrogen) atoms. The number of carbonyl (C=O) groups is 2. The highest BCUT2D eigenvalue weighted by Gasteiger charge is 2.34. The van der Waals surface area contributed by atoms with E-state index in [9.17, 15) is 9.59 Å². The number of benzodiazepines with no additional fused rings is 1. The van der Waals surface area contributed by atoms with Crippen molar-refractivity contribution in [3.05, 3.63) is 82.3 Å². The molecule has 0 fully saturated rings. The Labute approximate surface area is 190 Å². The molecule has 2 heterocycles. The van der Waals surface area contributed by atoms with Crippen molar-refractivity contribution in [2.45, 2.75) is 26.6 Å². The molecule has 1 atom stereocenters. The molecule has 1 aromatic heterocycles. The molecule has 1 unspecified atom stereocenters. The van der Waals surface area contributed by atoms with Gasteiger partial charge in [0, 0.05) is 23.7 Å². The van der Waals surface area contributed by atoms with Crippen LogP contribution in [0.1, 0.15) is 30.0 Å². The Bertz CT molecular complexity index is 1110. The Morgan fingerprint density at radius 3 is 2.62 bits per heavy atom. The van der Waals surface area contributed by atoms with Gasteiger partial charge in [-0.25, -0.2) is 14.8 Å². The Balaban J connectivity index is 1.65. The maximum absolute atomic E-state index is 13.5. The van der Waals surface area contributed by atoms with E-state index in [1.807, 2.05) is 73.8 Å². The SMILES string of the molecule is CC(C)CN1C(=O)C(NC(=O)OCc2ccccc2)N=C(c2nccs2)c2ccccc21. The van der Waals surface area contributed by atoms with Crippen molar-refractivity contribution in [2.24, 2.45) is 10.9 Å². The van der Waals surface area contributed by atoms with Gasteiger partial charge in [-0.1, -0.05) is 62.4 Å². The Hall–Kier alpha value is -3.52. The number of hydrogen-bond donors (Lipinski definition) is 1. The first-order chi connectivity index (χ1) is 15.5. The Kier molecular flexibility index (Phi) is 6.61. The number of para-hydroxylation sites is 1. The maximum Gasteiger partial charge on any atom is 0.409 e. The smallest absolute Gasteiger partial charge is 0.409 e. The highest BCUT2D eigenvalue weighted by atomic mass is 32.1. The lowest BCUT2D eigenvalue weighted by atomic mass is 10.1. The van der Waals surface area contributed by atoms with Crippen LogP contribution in [0.5, 0.6) is 0 Å². The van der Waals surface area contributed by atoms with Gasteiger partial charge in [0.25, 0.3) is 5.91 Å². The zero-order valence-electron chi connectivity index (χ0n) is 17.9. The van der Waals surface area contributed by atoms with Gasteiger partial charge in [0.05, 0.1) is 5.69 Å². The van der Waals surface area contributed by atoms with Crippen molar-refractivity contribution in [3.63, 3.8) is 0 Å². The fourth-order valence-electron chi connectivity index (χ4n) is 3.46. The summed E-state index contributed by atoms with van der Waals surface area (Å²) in [7, 11) is 0. The normalized spacial score (nSPS) is 15.7. The van der Waals surface area contributed by atoms with Crippen LogP contribution in [0.4, 0.5) is 10.5 Å². The average Bonchev–Trinajstić information content (AvgIpc) is 3.30. The van der Waals surface area contributed by atoms with Crippen molar-refractivity contribution in [1.82, 2.24) is 10.3 Å². The number of hydrogen-bond acceptors (Lipinski definition) is 6. The number of benzene rings is 2. The molecule has 0 spiro atoms. The number of aliphatic imine (C=N–C) groups is 1. The molecule has 2 aromatic carbocycles. The van der Waals surface area contributed by atoms with E-state index in [1.54, 1.807) is 11.1 Å². The molecule has 3 aromatic rings. The number of rotatable bonds is 6. The second-order valence-corrected chi connectivity index (χ2v) is 8.68. The number of thiazole rings is 1. The number of fused-ring (bicyclic) bond motifs is 1. The first-order valence-corrected chi connectivity index (χ1v) is 11.3. The van der Waals surface area contributed by atoms with E-state index in [2.05, 4.69) is 15.3 Å². The third kappa shape index (κ3) is 4.86. The zero-order valence-corrected chi connectivity index (χ0v) is 18.7. The molecule has 0 aliphatic carbocycles. The van der Waals surface area contributed by atoms with E-state index >= 15 is 0 Å². The lowest BCUT2D eigenvalue weighted by Gasteiger charge is -2.26. The van der Waals surface area contributed by atoms with Crippen LogP contribution in [-0.4, -0.2) is 35.4 Å². The van der Waals surface area contributed by atoms with Crippen LogP contribution in [0.2, 0.25) is 0 Å². The molecule has 1 N–H and O–H groups in total. The first kappa shape index (κ1) is 21.7. The molecule has 7 nitrogen and oxygen atoms in total. The predicted octanol–water partition coefficient (Wildman–Crippen LogP) is 4.24. The monoisotopic (exact) mass is 448 g/mol. The number of nitrogens with zero attached hydrogens (tertiary/aromatic N) is 3. The predicted molar refractivity (Wildman–Crippen MR) is 125 cm³/mol. The summed E-state index contributed by atoms with van der Waals surface area (Å²) in [6, 6.07) is 17.0. The summed E-state index contributed by atoms with van der Waals surface area (Å²) in [5.74, 6) is -0.0894. The third-order valence-electron chi connectivity index (χ3n) is 4.86. The highest BCUT2D eigenvalue weighted by molar-refractivity contribution is 7.12. The van der Waals surface area contributed by atoms with E-state index in [4.69, 9.17) is 4.74 Å². The van der Waals surface area contributed by atoms with Crippen molar-refractivity contribution in [1.29, 1.82) is 0 Å². The average molecular weight is 449 g/mol. The van der Waals surface area contributed by atoms with Gasteiger partial charge >= 0.3 is 6.09 Å². The third-order valence-corrected chi connectivity index (χ3v) is 5.64. The van der Waals surface area contributed by atoms with Crippen molar-refractivity contribution < 1.29 is 14.3 Å². The van der Waals surface area contributed by atoms with E-state index in [-0.39, 0.29) is 18.4 Å². The lowest BCUT2D eigenvalue weighted by molar-refractivity contribution is -0.120. The molecule has 0 radical (unpaired) electrons. The molecular formula is C24H24N4O3S. The standard InChI is InChI=1S/C24H24N4O3S/c1-16(2)14-28-19-11-7-6-10-18(19)20(22-25-12-13-32-22)26-21(23(28)29)27-24(30)31-15-17-8-4-3-5-9-17/h3-13,16,21H,14-15H2,1-2H3,(H,27,30). The second-order valence-electron chi connectivity index (χ2n) is 7.78. The van der Waals surface area contributed by atoms with Gasteiger partial charge in [0.2, 0.25) is 6.17 Å². The molecule has 1 aliphatic heterocycles. The van der Waals surface area contributed by atoms with E-state index in [1.165, 1.54) is 11.3 Å². The van der Waals surface area contributed by atoms with Gasteiger partial charge in [-0.05, 0) is 17.5 Å². The van der Waals surface area contributed by atoms with E-state index in [0.717, 1.165) is 16.8 Å². The molecular weight excluding hydrogens is 424 g/mol. The number of aromatic nitrogens is 1. The van der Waals surface area contributed by atoms with Crippen LogP contribution < -0.4 is 10.2 Å². The summed E-state index contributed by atoms with van der Waals surface area (Å²) < 4.78 is 5.34. The zero-order chi connectivity index (χ0) is 22.5. The lowest BCUT2D eigenvalue weighted by Crippen LogP contribution is -2.48. The number of alkyl carbamates (subject to hydrolysis) is 1. The number of anilines is 1. The molecule has 164 valence electrons. The minimum absolute atomic E-state index is 0.104. The molecule has 4 rings (SSSR count). The summed E-state index contributed by atoms with van der Waals surface area (Å²) in [4.78, 5) is 36.8. The van der Waals surface area contributed by atoms with Crippen LogP contribution in [-0.2, 0) is 16.1 Å². The summed E-state index contributed by atoms with van der Waals surface area (Å²) >= 11 is 1.43. The Morgan fingerprint density at radius 1 is 1.16 bits per heavy atom. The number of nitrogens with one attached hydrogen (secondary N) is 1. The quantitative estimate of drug-likeness (QED) is 0.612. The fourth-order valence-corrected chi connectivity index (χ4v) is 4.11. The first-order valence-electron chi connectivity index (χ1n) is 10.4. The number of ether oxygens (including phenoxy) is 1. The van der Waals surface area contributed by atoms with Crippen molar-refractivity contribution >= 4 is 34.7 Å². The van der Waals surface area contributed by atoms with Gasteiger partial charge in [-0.3, -0.25) is 10.1 Å². The van der Waals surface area contributed by atoms with Crippen LogP contribution in [0.15, 0.2) is 71.2 Å². The van der Waals surface area contributed by atoms with Crippen LogP contribution in [0.3, 0.4) is 0 Å². The summed E-state index contributed by atoms with van der Waals surface area (Å²) in [6.45, 7) is 4.68. The van der Waals surface area contributed by atoms with Crippen LogP contribution in [0.25, 0.3) is 0 Å². The van der Waals surface area contributed by atoms with Gasteiger partial charge in [-0.2, -0.15) is 0 Å². The summed E-state index contributed by atoms with van der Waals surface area (Å²) in [6.07, 6.45) is -0.131. The fraction of sp³-hybridized carbons (Fsp3) is 0.250. The molecule has 8 heteroatoms. The molecule has 2 amide bonds. The van der Waals surface area contributed by atoms with Crippen molar-refractivity contribution in [2.75, 3.05) is 11.4 Å². The minimum Gasteiger partial charge on any atom is -0.445 e. The maximum atomic E-state index is 13.5. The summed E-state index contributed by atoms with van der Waals surface area (Å²) in [5.41, 5.74) is 2.99. The topological polar surface area (TPSA) is 83.9 Å². The summed E-state index contributed by atoms with van der Waals surface area (Å²) in [5, 5.41) is 5.18.